The van der Waals surface area contributed by atoms with Gasteiger partial charge in [-0.3, -0.25) is 9.69 Å². The zero-order valence-electron chi connectivity index (χ0n) is 17.9. The fraction of sp³-hybridized carbons (Fsp3) is 0.320. The van der Waals surface area contributed by atoms with Crippen LogP contribution >= 0.6 is 27.3 Å². The van der Waals surface area contributed by atoms with Crippen molar-refractivity contribution in [1.82, 2.24) is 9.80 Å². The molecule has 0 aliphatic carbocycles. The second-order valence-corrected chi connectivity index (χ2v) is 9.90. The highest BCUT2D eigenvalue weighted by Crippen LogP contribution is 2.23. The minimum absolute atomic E-state index is 0.130. The first-order valence-corrected chi connectivity index (χ1v) is 12.2. The Morgan fingerprint density at radius 2 is 1.84 bits per heavy atom. The number of carbonyl (C=O) groups excluding carboxylic acids is 1. The van der Waals surface area contributed by atoms with Gasteiger partial charge in [-0.25, -0.2) is 0 Å². The number of aryl methyl sites for hydroxylation is 2. The lowest BCUT2D eigenvalue weighted by Gasteiger charge is -2.34. The average Bonchev–Trinajstić information content (AvgIpc) is 3.23. The highest BCUT2D eigenvalue weighted by atomic mass is 79.9. The van der Waals surface area contributed by atoms with Crippen molar-refractivity contribution in [2.75, 3.05) is 26.2 Å². The number of ether oxygens (including phenoxy) is 1. The van der Waals surface area contributed by atoms with Crippen LogP contribution in [0.3, 0.4) is 0 Å². The molecule has 4 nitrogen and oxygen atoms in total. The molecule has 1 aliphatic rings. The molecule has 0 bridgehead atoms. The van der Waals surface area contributed by atoms with Gasteiger partial charge in [0.15, 0.2) is 0 Å². The van der Waals surface area contributed by atoms with Crippen LogP contribution < -0.4 is 4.74 Å². The summed E-state index contributed by atoms with van der Waals surface area (Å²) in [5, 5.41) is 2.03. The quantitative estimate of drug-likeness (QED) is 0.439. The second kappa shape index (κ2) is 9.98. The van der Waals surface area contributed by atoms with Crippen LogP contribution in [0.25, 0.3) is 0 Å². The van der Waals surface area contributed by atoms with E-state index in [1.54, 1.807) is 0 Å². The van der Waals surface area contributed by atoms with Gasteiger partial charge in [0.05, 0.1) is 4.88 Å². The molecule has 2 heterocycles. The third-order valence-electron chi connectivity index (χ3n) is 5.56. The number of halogens is 1. The lowest BCUT2D eigenvalue weighted by Crippen LogP contribution is -2.48. The van der Waals surface area contributed by atoms with E-state index in [1.165, 1.54) is 22.5 Å². The van der Waals surface area contributed by atoms with Gasteiger partial charge in [-0.1, -0.05) is 40.2 Å². The zero-order chi connectivity index (χ0) is 21.8. The van der Waals surface area contributed by atoms with E-state index in [0.717, 1.165) is 59.0 Å². The predicted molar refractivity (Wildman–Crippen MR) is 130 cm³/mol. The predicted octanol–water partition coefficient (Wildman–Crippen LogP) is 5.66. The van der Waals surface area contributed by atoms with E-state index >= 15 is 0 Å². The topological polar surface area (TPSA) is 32.8 Å². The molecule has 3 aromatic rings. The van der Waals surface area contributed by atoms with Crippen molar-refractivity contribution in [3.8, 4) is 5.75 Å². The Balaban J connectivity index is 1.29. The molecule has 0 unspecified atom stereocenters. The Hall–Kier alpha value is -2.15. The molecule has 1 saturated heterocycles. The van der Waals surface area contributed by atoms with Gasteiger partial charge < -0.3 is 9.64 Å². The van der Waals surface area contributed by atoms with Crippen LogP contribution in [0.15, 0.2) is 58.4 Å². The molecule has 1 fully saturated rings. The highest BCUT2D eigenvalue weighted by Gasteiger charge is 2.23. The summed E-state index contributed by atoms with van der Waals surface area (Å²) in [6.07, 6.45) is 0. The van der Waals surface area contributed by atoms with Crippen LogP contribution in [0.5, 0.6) is 5.75 Å². The van der Waals surface area contributed by atoms with Gasteiger partial charge in [-0.05, 0) is 60.2 Å². The molecule has 0 saturated carbocycles. The molecule has 0 atom stereocenters. The molecule has 2 aromatic carbocycles. The Kier molecular flexibility index (Phi) is 7.10. The van der Waals surface area contributed by atoms with Crippen LogP contribution in [0.1, 0.15) is 31.9 Å². The summed E-state index contributed by atoms with van der Waals surface area (Å²) >= 11 is 5.04. The number of hydrogen-bond acceptors (Lipinski definition) is 4. The third kappa shape index (κ3) is 5.76. The van der Waals surface area contributed by atoms with Crippen LogP contribution in [-0.4, -0.2) is 41.9 Å². The minimum atomic E-state index is 0.130. The normalized spacial score (nSPS) is 14.6. The summed E-state index contributed by atoms with van der Waals surface area (Å²) in [6.45, 7) is 8.82. The van der Waals surface area contributed by atoms with E-state index in [2.05, 4.69) is 64.2 Å². The summed E-state index contributed by atoms with van der Waals surface area (Å²) in [5.41, 5.74) is 4.64. The van der Waals surface area contributed by atoms with Crippen molar-refractivity contribution in [2.24, 2.45) is 0 Å². The van der Waals surface area contributed by atoms with Crippen molar-refractivity contribution < 1.29 is 9.53 Å². The van der Waals surface area contributed by atoms with Gasteiger partial charge in [0.25, 0.3) is 5.91 Å². The lowest BCUT2D eigenvalue weighted by molar-refractivity contribution is 0.0633. The van der Waals surface area contributed by atoms with Gasteiger partial charge in [-0.15, -0.1) is 11.3 Å². The molecule has 6 heteroatoms. The molecule has 1 amide bonds. The molecule has 31 heavy (non-hydrogen) atoms. The Morgan fingerprint density at radius 3 is 2.61 bits per heavy atom. The number of nitrogens with zero attached hydrogens (tertiary/aromatic N) is 2. The van der Waals surface area contributed by atoms with E-state index in [-0.39, 0.29) is 5.91 Å². The van der Waals surface area contributed by atoms with E-state index in [9.17, 15) is 4.79 Å². The second-order valence-electron chi connectivity index (χ2n) is 8.08. The van der Waals surface area contributed by atoms with Crippen molar-refractivity contribution in [3.63, 3.8) is 0 Å². The van der Waals surface area contributed by atoms with Gasteiger partial charge in [0.2, 0.25) is 0 Å². The SMILES string of the molecule is Cc1ccc(C)c(OCc2csc(C(=O)N3CCN(Cc4cccc(Br)c4)CC3)c2)c1. The van der Waals surface area contributed by atoms with E-state index in [0.29, 0.717) is 6.61 Å². The molecule has 162 valence electrons. The lowest BCUT2D eigenvalue weighted by atomic mass is 10.1. The Morgan fingerprint density at radius 1 is 1.03 bits per heavy atom. The van der Waals surface area contributed by atoms with Gasteiger partial charge >= 0.3 is 0 Å². The summed E-state index contributed by atoms with van der Waals surface area (Å²) in [4.78, 5) is 18.1. The fourth-order valence-corrected chi connectivity index (χ4v) is 5.06. The van der Waals surface area contributed by atoms with Crippen molar-refractivity contribution >= 4 is 33.2 Å². The molecular weight excluding hydrogens is 472 g/mol. The summed E-state index contributed by atoms with van der Waals surface area (Å²) < 4.78 is 7.10. The van der Waals surface area contributed by atoms with Gasteiger partial charge in [0, 0.05) is 42.8 Å². The largest absolute Gasteiger partial charge is 0.489 e. The number of hydrogen-bond donors (Lipinski definition) is 0. The average molecular weight is 499 g/mol. The maximum Gasteiger partial charge on any atom is 0.264 e. The Bertz CT molecular complexity index is 1060. The molecule has 0 radical (unpaired) electrons. The highest BCUT2D eigenvalue weighted by molar-refractivity contribution is 9.10. The summed E-state index contributed by atoms with van der Waals surface area (Å²) in [6, 6.07) is 16.6. The summed E-state index contributed by atoms with van der Waals surface area (Å²) in [7, 11) is 0. The van der Waals surface area contributed by atoms with Crippen LogP contribution in [0.4, 0.5) is 0 Å². The number of piperazine rings is 1. The first kappa shape index (κ1) is 22.1. The third-order valence-corrected chi connectivity index (χ3v) is 7.02. The van der Waals surface area contributed by atoms with E-state index < -0.39 is 0 Å². The van der Waals surface area contributed by atoms with Gasteiger partial charge in [-0.2, -0.15) is 0 Å². The monoisotopic (exact) mass is 498 g/mol. The maximum atomic E-state index is 13.0. The van der Waals surface area contributed by atoms with Crippen LogP contribution in [0.2, 0.25) is 0 Å². The number of carbonyl (C=O) groups is 1. The first-order valence-electron chi connectivity index (χ1n) is 10.5. The van der Waals surface area contributed by atoms with E-state index in [1.807, 2.05) is 29.3 Å². The summed E-state index contributed by atoms with van der Waals surface area (Å²) in [5.74, 6) is 1.03. The standard InChI is InChI=1S/C25H27BrN2O2S/c1-18-6-7-19(2)23(12-18)30-16-21-14-24(31-17-21)25(29)28-10-8-27(9-11-28)15-20-4-3-5-22(26)13-20/h3-7,12-14,17H,8-11,15-16H2,1-2H3. The molecule has 0 spiro atoms. The van der Waals surface area contributed by atoms with Crippen molar-refractivity contribution in [3.05, 3.63) is 85.5 Å². The fourth-order valence-electron chi connectivity index (χ4n) is 3.75. The number of rotatable bonds is 6. The number of amides is 1. The maximum absolute atomic E-state index is 13.0. The number of thiophene rings is 1. The molecule has 1 aromatic heterocycles. The minimum Gasteiger partial charge on any atom is -0.489 e. The van der Waals surface area contributed by atoms with Gasteiger partial charge in [0.1, 0.15) is 12.4 Å². The molecule has 1 aliphatic heterocycles. The van der Waals surface area contributed by atoms with Crippen LogP contribution in [0, 0.1) is 13.8 Å². The first-order chi connectivity index (χ1) is 15.0. The van der Waals surface area contributed by atoms with E-state index in [4.69, 9.17) is 4.74 Å². The molecule has 4 rings (SSSR count). The Labute approximate surface area is 196 Å². The van der Waals surface area contributed by atoms with Crippen LogP contribution in [-0.2, 0) is 13.2 Å². The van der Waals surface area contributed by atoms with Crippen molar-refractivity contribution in [1.29, 1.82) is 0 Å². The molecular formula is C25H27BrN2O2S. The number of benzene rings is 2. The molecule has 0 N–H and O–H groups in total. The smallest absolute Gasteiger partial charge is 0.264 e. The zero-order valence-corrected chi connectivity index (χ0v) is 20.3. The van der Waals surface area contributed by atoms with Crippen molar-refractivity contribution in [2.45, 2.75) is 27.0 Å².